The molecule has 6 aliphatic heterocycles. The highest BCUT2D eigenvalue weighted by atomic mass is 16.6. The Kier molecular flexibility index (Phi) is 3.66. The molecule has 8 rings (SSSR count). The fourth-order valence-corrected chi connectivity index (χ4v) is 9.19. The zero-order valence-corrected chi connectivity index (χ0v) is 21.0. The summed E-state index contributed by atoms with van der Waals surface area (Å²) in [4.78, 5) is 21.0. The van der Waals surface area contributed by atoms with Gasteiger partial charge < -0.3 is 19.9 Å². The van der Waals surface area contributed by atoms with Crippen molar-refractivity contribution in [1.82, 2.24) is 9.80 Å². The van der Waals surface area contributed by atoms with Crippen molar-refractivity contribution in [3.63, 3.8) is 0 Å². The maximum absolute atomic E-state index is 13.5. The minimum atomic E-state index is -0.161. The molecule has 0 radical (unpaired) electrons. The van der Waals surface area contributed by atoms with Crippen LogP contribution in [0.25, 0.3) is 0 Å². The molecule has 1 N–H and O–H groups in total. The number of nitrogens with one attached hydrogen (secondary N) is 1. The Balaban J connectivity index is 1.50. The number of amides is 1. The Labute approximate surface area is 207 Å². The topological polar surface area (TPSA) is 51.4 Å². The van der Waals surface area contributed by atoms with Crippen LogP contribution in [0.1, 0.15) is 62.8 Å². The van der Waals surface area contributed by atoms with E-state index in [1.807, 2.05) is 6.92 Å². The number of hydrogen-bond donors (Lipinski definition) is 1. The van der Waals surface area contributed by atoms with Crippen LogP contribution in [0.4, 0.5) is 11.4 Å². The molecule has 6 aliphatic rings. The molecule has 3 fully saturated rings. The van der Waals surface area contributed by atoms with Crippen molar-refractivity contribution >= 4 is 17.3 Å². The van der Waals surface area contributed by atoms with Crippen LogP contribution in [-0.2, 0) is 20.4 Å². The van der Waals surface area contributed by atoms with E-state index in [2.05, 4.69) is 83.4 Å². The number of piperidine rings is 1. The Bertz CT molecular complexity index is 1290. The normalized spacial score (nSPS) is 40.5. The summed E-state index contributed by atoms with van der Waals surface area (Å²) < 4.78 is 6.40. The summed E-state index contributed by atoms with van der Waals surface area (Å²) in [7, 11) is 2.26. The minimum absolute atomic E-state index is 0.0335. The SMILES string of the molecule is CCC(=O)N1CC[C@]23c4ccccc4N[C@H]4N(C)c5cccc6c5[C@]42CCN([C@H]6[C@@H]2OC2(C)C)[C@H]13. The first-order chi connectivity index (χ1) is 16.9. The van der Waals surface area contributed by atoms with Crippen LogP contribution in [0.5, 0.6) is 0 Å². The van der Waals surface area contributed by atoms with Crippen LogP contribution in [0.15, 0.2) is 42.5 Å². The van der Waals surface area contributed by atoms with Gasteiger partial charge in [0.1, 0.15) is 12.3 Å². The highest BCUT2D eigenvalue weighted by Gasteiger charge is 2.77. The third-order valence-electron chi connectivity index (χ3n) is 10.5. The number of nitrogens with zero attached hydrogens (tertiary/aromatic N) is 3. The molecule has 6 nitrogen and oxygen atoms in total. The predicted molar refractivity (Wildman–Crippen MR) is 135 cm³/mol. The molecule has 2 spiro atoms. The van der Waals surface area contributed by atoms with Gasteiger partial charge in [-0.25, -0.2) is 0 Å². The van der Waals surface area contributed by atoms with E-state index >= 15 is 0 Å². The van der Waals surface area contributed by atoms with Crippen LogP contribution in [0.2, 0.25) is 0 Å². The molecule has 0 aromatic heterocycles. The molecule has 0 saturated carbocycles. The number of anilines is 2. The average molecular weight is 471 g/mol. The Morgan fingerprint density at radius 1 is 1.09 bits per heavy atom. The molecule has 1 amide bonds. The van der Waals surface area contributed by atoms with Gasteiger partial charge in [-0.2, -0.15) is 0 Å². The van der Waals surface area contributed by atoms with Crippen molar-refractivity contribution in [2.24, 2.45) is 0 Å². The Hall–Kier alpha value is -2.57. The number of likely N-dealkylation sites (tertiary alicyclic amines) is 1. The summed E-state index contributed by atoms with van der Waals surface area (Å²) >= 11 is 0. The predicted octanol–water partition coefficient (Wildman–Crippen LogP) is 3.97. The third kappa shape index (κ3) is 2.08. The monoisotopic (exact) mass is 470 g/mol. The molecule has 2 aromatic carbocycles. The number of hydrogen-bond acceptors (Lipinski definition) is 5. The number of benzene rings is 2. The van der Waals surface area contributed by atoms with Gasteiger partial charge in [-0.3, -0.25) is 9.69 Å². The van der Waals surface area contributed by atoms with Gasteiger partial charge in [0.15, 0.2) is 0 Å². The van der Waals surface area contributed by atoms with Gasteiger partial charge in [0.2, 0.25) is 5.91 Å². The zero-order chi connectivity index (χ0) is 23.9. The van der Waals surface area contributed by atoms with Crippen LogP contribution in [-0.4, -0.2) is 59.9 Å². The van der Waals surface area contributed by atoms with Crippen molar-refractivity contribution < 1.29 is 9.53 Å². The lowest BCUT2D eigenvalue weighted by Crippen LogP contribution is -2.73. The summed E-state index contributed by atoms with van der Waals surface area (Å²) in [6.07, 6.45) is 2.96. The zero-order valence-electron chi connectivity index (χ0n) is 21.0. The number of likely N-dealkylation sites (N-methyl/N-ethyl adjacent to an activating group) is 1. The van der Waals surface area contributed by atoms with Crippen molar-refractivity contribution in [1.29, 1.82) is 0 Å². The first-order valence-electron chi connectivity index (χ1n) is 13.3. The van der Waals surface area contributed by atoms with Crippen LogP contribution >= 0.6 is 0 Å². The van der Waals surface area contributed by atoms with Crippen molar-refractivity contribution in [2.45, 2.75) is 80.9 Å². The first-order valence-corrected chi connectivity index (χ1v) is 13.3. The number of epoxide rings is 1. The second-order valence-electron chi connectivity index (χ2n) is 12.0. The third-order valence-corrected chi connectivity index (χ3v) is 10.5. The lowest BCUT2D eigenvalue weighted by Gasteiger charge is -2.62. The molecule has 182 valence electrons. The van der Waals surface area contributed by atoms with Gasteiger partial charge in [0.25, 0.3) is 0 Å². The van der Waals surface area contributed by atoms with E-state index in [-0.39, 0.29) is 46.8 Å². The van der Waals surface area contributed by atoms with Gasteiger partial charge in [-0.1, -0.05) is 37.3 Å². The van der Waals surface area contributed by atoms with Crippen molar-refractivity contribution in [3.8, 4) is 0 Å². The van der Waals surface area contributed by atoms with Gasteiger partial charge in [0.05, 0.1) is 23.2 Å². The number of rotatable bonds is 2. The van der Waals surface area contributed by atoms with E-state index in [1.54, 1.807) is 0 Å². The lowest BCUT2D eigenvalue weighted by atomic mass is 9.50. The number of ether oxygens (including phenoxy) is 1. The van der Waals surface area contributed by atoms with E-state index in [0.717, 1.165) is 25.9 Å². The lowest BCUT2D eigenvalue weighted by molar-refractivity contribution is -0.142. The quantitative estimate of drug-likeness (QED) is 0.673. The van der Waals surface area contributed by atoms with E-state index in [9.17, 15) is 4.79 Å². The van der Waals surface area contributed by atoms with Crippen LogP contribution in [0.3, 0.4) is 0 Å². The number of carbonyl (C=O) groups is 1. The molecular weight excluding hydrogens is 436 g/mol. The molecule has 6 heteroatoms. The second-order valence-corrected chi connectivity index (χ2v) is 12.0. The highest BCUT2D eigenvalue weighted by molar-refractivity contribution is 5.81. The molecule has 3 saturated heterocycles. The van der Waals surface area contributed by atoms with Crippen LogP contribution in [0, 0.1) is 0 Å². The number of fused-ring (bicyclic) bond motifs is 1. The summed E-state index contributed by atoms with van der Waals surface area (Å²) in [6.45, 7) is 8.24. The van der Waals surface area contributed by atoms with Gasteiger partial charge >= 0.3 is 0 Å². The molecule has 0 aliphatic carbocycles. The van der Waals surface area contributed by atoms with Crippen LogP contribution < -0.4 is 10.2 Å². The van der Waals surface area contributed by atoms with Gasteiger partial charge in [-0.05, 0) is 55.5 Å². The summed E-state index contributed by atoms with van der Waals surface area (Å²) in [5.41, 5.74) is 6.50. The van der Waals surface area contributed by atoms with E-state index in [0.29, 0.717) is 6.42 Å². The smallest absolute Gasteiger partial charge is 0.223 e. The van der Waals surface area contributed by atoms with E-state index in [4.69, 9.17) is 4.74 Å². The molecule has 1 unspecified atom stereocenters. The van der Waals surface area contributed by atoms with Crippen molar-refractivity contribution in [2.75, 3.05) is 30.4 Å². The highest BCUT2D eigenvalue weighted by Crippen LogP contribution is 2.72. The first kappa shape index (κ1) is 20.6. The maximum atomic E-state index is 13.5. The molecular formula is C29H34N4O2. The largest absolute Gasteiger partial charge is 0.365 e. The summed E-state index contributed by atoms with van der Waals surface area (Å²) in [5, 5.41) is 4.01. The van der Waals surface area contributed by atoms with E-state index in [1.165, 1.54) is 28.1 Å². The fourth-order valence-electron chi connectivity index (χ4n) is 9.19. The Morgan fingerprint density at radius 3 is 2.63 bits per heavy atom. The molecule has 6 heterocycles. The molecule has 2 bridgehead atoms. The summed E-state index contributed by atoms with van der Waals surface area (Å²) in [6, 6.07) is 16.0. The van der Waals surface area contributed by atoms with Gasteiger partial charge in [0, 0.05) is 43.3 Å². The Morgan fingerprint density at radius 2 is 1.86 bits per heavy atom. The second kappa shape index (κ2) is 6.22. The number of para-hydroxylation sites is 1. The standard InChI is InChI=1S/C29H34N4O2/c1-5-21(34)32-15-13-28-18-10-6-7-11-19(18)30-25-29(28)14-16-33(26(28)32)23(24-27(2,3)35-24)17-9-8-12-20(22(17)29)31(25)4/h6-12,23-26,30H,5,13-16H2,1-4H3/t23-,24+,25+,26+,28-,29-/m1/s1. The molecule has 7 atom stereocenters. The number of carbonyl (C=O) groups excluding carboxylic acids is 1. The average Bonchev–Trinajstić information content (AvgIpc) is 3.26. The molecule has 2 aromatic rings. The molecule has 35 heavy (non-hydrogen) atoms. The maximum Gasteiger partial charge on any atom is 0.223 e. The van der Waals surface area contributed by atoms with Gasteiger partial charge in [-0.15, -0.1) is 0 Å². The fraction of sp³-hybridized carbons (Fsp3) is 0.552. The summed E-state index contributed by atoms with van der Waals surface area (Å²) in [5.74, 6) is 0.272. The van der Waals surface area contributed by atoms with Crippen molar-refractivity contribution in [3.05, 3.63) is 59.2 Å². The van der Waals surface area contributed by atoms with E-state index < -0.39 is 0 Å². The minimum Gasteiger partial charge on any atom is -0.365 e.